The Hall–Kier alpha value is -3.24. The van der Waals surface area contributed by atoms with Crippen molar-refractivity contribution in [3.8, 4) is 11.3 Å². The van der Waals surface area contributed by atoms with Gasteiger partial charge in [-0.15, -0.1) is 11.3 Å². The Bertz CT molecular complexity index is 1630. The predicted molar refractivity (Wildman–Crippen MR) is 131 cm³/mol. The predicted octanol–water partition coefficient (Wildman–Crippen LogP) is 8.02. The van der Waals surface area contributed by atoms with Crippen LogP contribution in [-0.2, 0) is 5.41 Å². The van der Waals surface area contributed by atoms with Crippen LogP contribution in [0.3, 0.4) is 0 Å². The summed E-state index contributed by atoms with van der Waals surface area (Å²) >= 11 is 1.76. The van der Waals surface area contributed by atoms with Crippen LogP contribution in [0, 0.1) is 6.92 Å². The molecular weight excluding hydrogens is 400 g/mol. The normalized spacial score (nSPS) is 12.5. The van der Waals surface area contributed by atoms with Gasteiger partial charge in [-0.05, 0) is 58.3 Å². The number of hydrogen-bond donors (Lipinski definition) is 0. The van der Waals surface area contributed by atoms with Crippen LogP contribution in [0.4, 0.5) is 0 Å². The monoisotopic (exact) mass is 422 g/mol. The second kappa shape index (κ2) is 6.38. The van der Waals surface area contributed by atoms with Gasteiger partial charge in [0, 0.05) is 15.8 Å². The molecule has 0 spiro atoms. The lowest BCUT2D eigenvalue weighted by Crippen LogP contribution is -2.12. The summed E-state index contributed by atoms with van der Waals surface area (Å²) in [5, 5.41) is 5.79. The van der Waals surface area contributed by atoms with Crippen LogP contribution >= 0.6 is 11.3 Å². The zero-order valence-electron chi connectivity index (χ0n) is 18.0. The van der Waals surface area contributed by atoms with Crippen LogP contribution in [0.2, 0.25) is 0 Å². The summed E-state index contributed by atoms with van der Waals surface area (Å²) in [6.45, 7) is 8.92. The van der Waals surface area contributed by atoms with Gasteiger partial charge in [-0.2, -0.15) is 0 Å². The van der Waals surface area contributed by atoms with Gasteiger partial charge in [0.25, 0.3) is 0 Å². The highest BCUT2D eigenvalue weighted by atomic mass is 32.1. The number of aromatic nitrogens is 2. The van der Waals surface area contributed by atoms with Crippen molar-refractivity contribution in [1.29, 1.82) is 0 Å². The van der Waals surface area contributed by atoms with Crippen molar-refractivity contribution in [2.45, 2.75) is 33.1 Å². The summed E-state index contributed by atoms with van der Waals surface area (Å²) < 4.78 is 7.46. The van der Waals surface area contributed by atoms with E-state index in [-0.39, 0.29) is 5.41 Å². The van der Waals surface area contributed by atoms with Crippen LogP contribution in [0.25, 0.3) is 54.2 Å². The maximum Gasteiger partial charge on any atom is 0.231 e. The highest BCUT2D eigenvalue weighted by Crippen LogP contribution is 2.41. The second-order valence-electron chi connectivity index (χ2n) is 9.22. The van der Waals surface area contributed by atoms with Crippen LogP contribution in [-0.4, -0.2) is 9.97 Å². The van der Waals surface area contributed by atoms with Crippen molar-refractivity contribution < 1.29 is 4.42 Å². The van der Waals surface area contributed by atoms with Crippen molar-refractivity contribution in [2.24, 2.45) is 0 Å². The van der Waals surface area contributed by atoms with Gasteiger partial charge in [-0.1, -0.05) is 51.1 Å². The van der Waals surface area contributed by atoms with Crippen molar-refractivity contribution in [3.05, 3.63) is 71.4 Å². The SMILES string of the molecule is Cc1cc2ccc3c(oc4ncnc(-c5cc(C(C)(C)C)c6ccccc6c5)c43)c2s1. The highest BCUT2D eigenvalue weighted by Gasteiger charge is 2.21. The largest absolute Gasteiger partial charge is 0.436 e. The van der Waals surface area contributed by atoms with Crippen molar-refractivity contribution in [1.82, 2.24) is 9.97 Å². The molecule has 0 aliphatic carbocycles. The van der Waals surface area contributed by atoms with Crippen molar-refractivity contribution in [3.63, 3.8) is 0 Å². The maximum absolute atomic E-state index is 6.29. The van der Waals surface area contributed by atoms with Gasteiger partial charge >= 0.3 is 0 Å². The molecule has 0 radical (unpaired) electrons. The van der Waals surface area contributed by atoms with E-state index in [9.17, 15) is 0 Å². The van der Waals surface area contributed by atoms with Gasteiger partial charge in [-0.25, -0.2) is 9.97 Å². The Labute approximate surface area is 184 Å². The molecule has 4 heteroatoms. The molecular formula is C27H22N2OS. The molecule has 152 valence electrons. The molecule has 31 heavy (non-hydrogen) atoms. The number of thiophene rings is 1. The molecule has 0 N–H and O–H groups in total. The van der Waals surface area contributed by atoms with Crippen LogP contribution < -0.4 is 0 Å². The first-order chi connectivity index (χ1) is 14.9. The Morgan fingerprint density at radius 1 is 0.871 bits per heavy atom. The van der Waals surface area contributed by atoms with Gasteiger partial charge in [-0.3, -0.25) is 0 Å². The van der Waals surface area contributed by atoms with Gasteiger partial charge in [0.15, 0.2) is 5.58 Å². The molecule has 0 aliphatic rings. The lowest BCUT2D eigenvalue weighted by Gasteiger charge is -2.22. The first kappa shape index (κ1) is 18.5. The van der Waals surface area contributed by atoms with E-state index < -0.39 is 0 Å². The molecule has 3 aromatic heterocycles. The van der Waals surface area contributed by atoms with E-state index in [1.807, 2.05) is 0 Å². The quantitative estimate of drug-likeness (QED) is 0.269. The fourth-order valence-electron chi connectivity index (χ4n) is 4.58. The number of fused-ring (bicyclic) bond motifs is 6. The van der Waals surface area contributed by atoms with Crippen LogP contribution in [0.5, 0.6) is 0 Å². The highest BCUT2D eigenvalue weighted by molar-refractivity contribution is 7.19. The fourth-order valence-corrected chi connectivity index (χ4v) is 5.57. The summed E-state index contributed by atoms with van der Waals surface area (Å²) in [4.78, 5) is 10.5. The molecule has 3 nitrogen and oxygen atoms in total. The second-order valence-corrected chi connectivity index (χ2v) is 10.5. The van der Waals surface area contributed by atoms with E-state index in [1.165, 1.54) is 31.3 Å². The van der Waals surface area contributed by atoms with E-state index in [1.54, 1.807) is 17.7 Å². The molecule has 0 saturated heterocycles. The van der Waals surface area contributed by atoms with Crippen molar-refractivity contribution >= 4 is 54.3 Å². The zero-order valence-corrected chi connectivity index (χ0v) is 18.8. The van der Waals surface area contributed by atoms with Gasteiger partial charge in [0.05, 0.1) is 15.8 Å². The van der Waals surface area contributed by atoms with E-state index in [0.717, 1.165) is 27.6 Å². The molecule has 0 unspecified atom stereocenters. The summed E-state index contributed by atoms with van der Waals surface area (Å²) in [6, 6.07) is 19.6. The van der Waals surface area contributed by atoms with Gasteiger partial charge in [0.1, 0.15) is 6.33 Å². The van der Waals surface area contributed by atoms with Crippen molar-refractivity contribution in [2.75, 3.05) is 0 Å². The summed E-state index contributed by atoms with van der Waals surface area (Å²) in [7, 11) is 0. The fraction of sp³-hybridized carbons (Fsp3) is 0.185. The van der Waals surface area contributed by atoms with Crippen LogP contribution in [0.15, 0.2) is 65.3 Å². The Kier molecular flexibility index (Phi) is 3.81. The minimum Gasteiger partial charge on any atom is -0.436 e. The average molecular weight is 423 g/mol. The first-order valence-corrected chi connectivity index (χ1v) is 11.3. The molecule has 0 fully saturated rings. The van der Waals surface area contributed by atoms with E-state index >= 15 is 0 Å². The molecule has 3 heterocycles. The Morgan fingerprint density at radius 3 is 2.55 bits per heavy atom. The molecule has 6 aromatic rings. The maximum atomic E-state index is 6.29. The number of furan rings is 1. The average Bonchev–Trinajstić information content (AvgIpc) is 3.31. The van der Waals surface area contributed by atoms with E-state index in [4.69, 9.17) is 9.40 Å². The first-order valence-electron chi connectivity index (χ1n) is 10.5. The third-order valence-electron chi connectivity index (χ3n) is 5.99. The molecule has 0 amide bonds. The molecule has 0 bridgehead atoms. The molecule has 0 atom stereocenters. The third-order valence-corrected chi connectivity index (χ3v) is 7.05. The summed E-state index contributed by atoms with van der Waals surface area (Å²) in [5.74, 6) is 0. The van der Waals surface area contributed by atoms with E-state index in [2.05, 4.69) is 87.3 Å². The lowest BCUT2D eigenvalue weighted by atomic mass is 9.82. The van der Waals surface area contributed by atoms with Crippen LogP contribution in [0.1, 0.15) is 31.2 Å². The number of hydrogen-bond acceptors (Lipinski definition) is 4. The number of rotatable bonds is 1. The van der Waals surface area contributed by atoms with Gasteiger partial charge < -0.3 is 4.42 Å². The van der Waals surface area contributed by atoms with E-state index in [0.29, 0.717) is 5.71 Å². The number of benzene rings is 3. The smallest absolute Gasteiger partial charge is 0.231 e. The summed E-state index contributed by atoms with van der Waals surface area (Å²) in [6.07, 6.45) is 1.61. The third kappa shape index (κ3) is 2.78. The van der Waals surface area contributed by atoms with Gasteiger partial charge in [0.2, 0.25) is 5.71 Å². The summed E-state index contributed by atoms with van der Waals surface area (Å²) in [5.41, 5.74) is 4.90. The minimum atomic E-state index is 0.0148. The topological polar surface area (TPSA) is 38.9 Å². The molecule has 6 rings (SSSR count). The lowest BCUT2D eigenvalue weighted by molar-refractivity contribution is 0.596. The Morgan fingerprint density at radius 2 is 1.71 bits per heavy atom. The Balaban J connectivity index is 1.72. The standard InChI is InChI=1S/C27H22N2OS/c1-15-11-17-9-10-20-22-23(28-14-29-26(22)30-24(20)25(17)31-15)18-12-16-7-5-6-8-19(16)21(13-18)27(2,3)4/h5-14H,1-4H3. The molecule has 0 aliphatic heterocycles. The number of nitrogens with zero attached hydrogens (tertiary/aromatic N) is 2. The zero-order chi connectivity index (χ0) is 21.3. The molecule has 0 saturated carbocycles. The number of aryl methyl sites for hydroxylation is 1. The minimum absolute atomic E-state index is 0.0148. The molecule has 3 aromatic carbocycles.